The van der Waals surface area contributed by atoms with Crippen LogP contribution in [0.1, 0.15) is 21.5 Å². The average Bonchev–Trinajstić information content (AvgIpc) is 3.47. The molecule has 0 aliphatic rings. The van der Waals surface area contributed by atoms with E-state index in [1.54, 1.807) is 62.6 Å². The molecule has 0 saturated heterocycles. The summed E-state index contributed by atoms with van der Waals surface area (Å²) < 4.78 is 1.46. The smallest absolute Gasteiger partial charge is 0.253 e. The van der Waals surface area contributed by atoms with E-state index in [0.29, 0.717) is 27.5 Å². The Bertz CT molecular complexity index is 1470. The van der Waals surface area contributed by atoms with Gasteiger partial charge in [-0.05, 0) is 64.5 Å². The first-order valence-corrected chi connectivity index (χ1v) is 12.4. The first-order valence-electron chi connectivity index (χ1n) is 12.0. The van der Waals surface area contributed by atoms with Gasteiger partial charge in [0, 0.05) is 48.4 Å². The molecule has 0 radical (unpaired) electrons. The number of anilines is 1. The van der Waals surface area contributed by atoms with Crippen molar-refractivity contribution in [2.75, 3.05) is 19.4 Å². The number of amides is 3. The van der Waals surface area contributed by atoms with Crippen molar-refractivity contribution in [3.8, 4) is 5.69 Å². The predicted molar refractivity (Wildman–Crippen MR) is 148 cm³/mol. The molecule has 2 N–H and O–H groups in total. The second-order valence-corrected chi connectivity index (χ2v) is 9.24. The molecule has 4 rings (SSSR count). The van der Waals surface area contributed by atoms with Gasteiger partial charge in [0.1, 0.15) is 12.4 Å². The molecular formula is C28H26ClN7O3. The lowest BCUT2D eigenvalue weighted by Gasteiger charge is -2.18. The van der Waals surface area contributed by atoms with E-state index in [2.05, 4.69) is 26.2 Å². The van der Waals surface area contributed by atoms with Gasteiger partial charge in [0.2, 0.25) is 11.8 Å². The summed E-state index contributed by atoms with van der Waals surface area (Å²) >= 11 is 6.16. The molecular weight excluding hydrogens is 518 g/mol. The van der Waals surface area contributed by atoms with Crippen molar-refractivity contribution in [1.82, 2.24) is 30.4 Å². The fraction of sp³-hybridized carbons (Fsp3) is 0.143. The summed E-state index contributed by atoms with van der Waals surface area (Å²) in [5.41, 5.74) is 3.12. The van der Waals surface area contributed by atoms with Crippen molar-refractivity contribution >= 4 is 41.1 Å². The van der Waals surface area contributed by atoms with Crippen LogP contribution in [0.5, 0.6) is 0 Å². The Labute approximate surface area is 230 Å². The number of carbonyl (C=O) groups is 3. The topological polar surface area (TPSA) is 122 Å². The second kappa shape index (κ2) is 12.6. The van der Waals surface area contributed by atoms with Crippen LogP contribution < -0.4 is 10.6 Å². The number of hydrogen-bond donors (Lipinski definition) is 2. The molecule has 39 heavy (non-hydrogen) atoms. The Morgan fingerprint density at radius 3 is 2.44 bits per heavy atom. The number of aromatic nitrogens is 4. The third kappa shape index (κ3) is 7.36. The Balaban J connectivity index is 1.50. The van der Waals surface area contributed by atoms with Gasteiger partial charge in [-0.2, -0.15) is 4.68 Å². The van der Waals surface area contributed by atoms with Crippen LogP contribution in [0.2, 0.25) is 5.02 Å². The molecule has 1 atom stereocenters. The van der Waals surface area contributed by atoms with E-state index in [4.69, 9.17) is 11.6 Å². The average molecular weight is 544 g/mol. The number of carbonyl (C=O) groups excluding carboxylic acids is 3. The molecule has 0 unspecified atom stereocenters. The maximum Gasteiger partial charge on any atom is 0.253 e. The fourth-order valence-electron chi connectivity index (χ4n) is 3.77. The predicted octanol–water partition coefficient (Wildman–Crippen LogP) is 3.40. The molecule has 3 amide bonds. The van der Waals surface area contributed by atoms with Gasteiger partial charge in [0.15, 0.2) is 0 Å². The minimum absolute atomic E-state index is 0.142. The van der Waals surface area contributed by atoms with Gasteiger partial charge in [-0.3, -0.25) is 14.4 Å². The molecule has 198 valence electrons. The van der Waals surface area contributed by atoms with Crippen LogP contribution in [0.15, 0.2) is 85.2 Å². The molecule has 0 aliphatic heterocycles. The lowest BCUT2D eigenvalue weighted by atomic mass is 10.0. The highest BCUT2D eigenvalue weighted by molar-refractivity contribution is 6.30. The van der Waals surface area contributed by atoms with Gasteiger partial charge in [0.05, 0.1) is 5.69 Å². The van der Waals surface area contributed by atoms with Crippen LogP contribution in [-0.2, 0) is 16.0 Å². The summed E-state index contributed by atoms with van der Waals surface area (Å²) in [5.74, 6) is -1.01. The number of halogens is 1. The van der Waals surface area contributed by atoms with Crippen LogP contribution >= 0.6 is 11.6 Å². The quantitative estimate of drug-likeness (QED) is 0.312. The van der Waals surface area contributed by atoms with Crippen LogP contribution in [0, 0.1) is 0 Å². The van der Waals surface area contributed by atoms with Gasteiger partial charge in [0.25, 0.3) is 5.91 Å². The monoisotopic (exact) mass is 543 g/mol. The molecule has 1 aromatic heterocycles. The van der Waals surface area contributed by atoms with E-state index in [9.17, 15) is 14.4 Å². The molecule has 3 aromatic carbocycles. The van der Waals surface area contributed by atoms with Crippen molar-refractivity contribution in [2.45, 2.75) is 12.5 Å². The van der Waals surface area contributed by atoms with Gasteiger partial charge in [-0.25, -0.2) is 0 Å². The van der Waals surface area contributed by atoms with Crippen molar-refractivity contribution < 1.29 is 14.4 Å². The van der Waals surface area contributed by atoms with Crippen molar-refractivity contribution in [2.24, 2.45) is 0 Å². The van der Waals surface area contributed by atoms with Crippen LogP contribution in [0.4, 0.5) is 5.69 Å². The van der Waals surface area contributed by atoms with E-state index < -0.39 is 17.9 Å². The molecule has 0 saturated carbocycles. The highest BCUT2D eigenvalue weighted by Crippen LogP contribution is 2.20. The summed E-state index contributed by atoms with van der Waals surface area (Å²) in [5, 5.41) is 17.3. The largest absolute Gasteiger partial charge is 0.345 e. The molecule has 11 heteroatoms. The summed E-state index contributed by atoms with van der Waals surface area (Å²) in [4.78, 5) is 39.8. The zero-order valence-corrected chi connectivity index (χ0v) is 22.0. The highest BCUT2D eigenvalue weighted by atomic mass is 35.5. The van der Waals surface area contributed by atoms with Gasteiger partial charge in [-0.1, -0.05) is 41.9 Å². The number of tetrazole rings is 1. The lowest BCUT2D eigenvalue weighted by Crippen LogP contribution is -2.44. The Kier molecular flexibility index (Phi) is 8.80. The molecule has 4 aromatic rings. The molecule has 1 heterocycles. The Morgan fingerprint density at radius 1 is 1.03 bits per heavy atom. The zero-order chi connectivity index (χ0) is 27.8. The second-order valence-electron chi connectivity index (χ2n) is 8.81. The van der Waals surface area contributed by atoms with Crippen LogP contribution in [-0.4, -0.2) is 63.0 Å². The standard InChI is InChI=1S/C28H26ClN7O3/c1-35(2)28(39)20-8-12-23(13-9-20)31-27(38)24(16-19-6-4-3-5-7-19)32-26(37)15-10-21-17-22(29)11-14-25(21)36-18-30-33-34-36/h3-15,17-18,24H,16H2,1-2H3,(H,31,38)(H,32,37)/b15-10+/t24-/m0/s1. The van der Waals surface area contributed by atoms with Crippen molar-refractivity contribution in [3.63, 3.8) is 0 Å². The third-order valence-electron chi connectivity index (χ3n) is 5.72. The van der Waals surface area contributed by atoms with E-state index in [0.717, 1.165) is 5.56 Å². The summed E-state index contributed by atoms with van der Waals surface area (Å²) in [6.07, 6.45) is 4.61. The van der Waals surface area contributed by atoms with Gasteiger partial charge >= 0.3 is 0 Å². The van der Waals surface area contributed by atoms with Crippen molar-refractivity contribution in [1.29, 1.82) is 0 Å². The van der Waals surface area contributed by atoms with Gasteiger partial charge in [-0.15, -0.1) is 5.10 Å². The minimum Gasteiger partial charge on any atom is -0.345 e. The van der Waals surface area contributed by atoms with Crippen LogP contribution in [0.25, 0.3) is 11.8 Å². The summed E-state index contributed by atoms with van der Waals surface area (Å²) in [6.45, 7) is 0. The number of nitrogens with zero attached hydrogens (tertiary/aromatic N) is 5. The molecule has 10 nitrogen and oxygen atoms in total. The maximum absolute atomic E-state index is 13.2. The zero-order valence-electron chi connectivity index (χ0n) is 21.3. The first-order chi connectivity index (χ1) is 18.8. The SMILES string of the molecule is CN(C)C(=O)c1ccc(NC(=O)[C@H](Cc2ccccc2)NC(=O)/C=C/c2cc(Cl)ccc2-n2cnnn2)cc1. The van der Waals surface area contributed by atoms with E-state index in [1.165, 1.54) is 22.0 Å². The van der Waals surface area contributed by atoms with E-state index in [1.807, 2.05) is 30.3 Å². The third-order valence-corrected chi connectivity index (χ3v) is 5.96. The van der Waals surface area contributed by atoms with Gasteiger partial charge < -0.3 is 15.5 Å². The minimum atomic E-state index is -0.869. The molecule has 0 fully saturated rings. The molecule has 0 bridgehead atoms. The molecule has 0 spiro atoms. The number of rotatable bonds is 9. The lowest BCUT2D eigenvalue weighted by molar-refractivity contribution is -0.123. The fourth-order valence-corrected chi connectivity index (χ4v) is 3.95. The van der Waals surface area contributed by atoms with E-state index >= 15 is 0 Å². The number of benzene rings is 3. The van der Waals surface area contributed by atoms with E-state index in [-0.39, 0.29) is 12.3 Å². The number of hydrogen-bond acceptors (Lipinski definition) is 6. The maximum atomic E-state index is 13.2. The summed E-state index contributed by atoms with van der Waals surface area (Å²) in [7, 11) is 3.34. The normalized spacial score (nSPS) is 11.7. The first kappa shape index (κ1) is 27.2. The number of nitrogens with one attached hydrogen (secondary N) is 2. The Hall–Kier alpha value is -4.83. The Morgan fingerprint density at radius 2 is 1.77 bits per heavy atom. The molecule has 0 aliphatic carbocycles. The van der Waals surface area contributed by atoms with Crippen molar-refractivity contribution in [3.05, 3.63) is 107 Å². The summed E-state index contributed by atoms with van der Waals surface area (Å²) in [6, 6.07) is 20.2. The van der Waals surface area contributed by atoms with Crippen LogP contribution in [0.3, 0.4) is 0 Å². The highest BCUT2D eigenvalue weighted by Gasteiger charge is 2.21.